The topological polar surface area (TPSA) is 43.2 Å². The molecule has 2 aromatic rings. The van der Waals surface area contributed by atoms with E-state index in [1.807, 2.05) is 11.0 Å². The van der Waals surface area contributed by atoms with Gasteiger partial charge in [0.1, 0.15) is 5.82 Å². The van der Waals surface area contributed by atoms with Gasteiger partial charge in [0.15, 0.2) is 0 Å². The Labute approximate surface area is 148 Å². The molecule has 1 aliphatic heterocycles. The first kappa shape index (κ1) is 17.4. The van der Waals surface area contributed by atoms with E-state index in [2.05, 4.69) is 9.88 Å². The lowest BCUT2D eigenvalue weighted by molar-refractivity contribution is -0.137. The van der Waals surface area contributed by atoms with E-state index in [0.717, 1.165) is 11.9 Å². The maximum Gasteiger partial charge on any atom is 0.417 e. The summed E-state index contributed by atoms with van der Waals surface area (Å²) in [5, 5.41) is 9.43. The van der Waals surface area contributed by atoms with Crippen LogP contribution in [0.2, 0.25) is 5.02 Å². The van der Waals surface area contributed by atoms with Gasteiger partial charge in [0.2, 0.25) is 0 Å². The highest BCUT2D eigenvalue weighted by Crippen LogP contribution is 2.34. The van der Waals surface area contributed by atoms with Crippen LogP contribution in [0.4, 0.5) is 24.7 Å². The molecule has 25 heavy (non-hydrogen) atoms. The number of benzene rings is 1. The predicted octanol–water partition coefficient (Wildman–Crippen LogP) is 3.95. The van der Waals surface area contributed by atoms with Gasteiger partial charge in [0.25, 0.3) is 0 Å². The second kappa shape index (κ2) is 6.81. The van der Waals surface area contributed by atoms with Crippen molar-refractivity contribution in [2.24, 2.45) is 0 Å². The summed E-state index contributed by atoms with van der Waals surface area (Å²) in [6.07, 6.45) is -2.98. The molecule has 0 N–H and O–H groups in total. The van der Waals surface area contributed by atoms with Crippen molar-refractivity contribution >= 4 is 23.1 Å². The molecule has 1 aromatic heterocycles. The Morgan fingerprint density at radius 1 is 1.04 bits per heavy atom. The number of pyridine rings is 1. The molecule has 130 valence electrons. The summed E-state index contributed by atoms with van der Waals surface area (Å²) in [4.78, 5) is 8.19. The zero-order valence-electron chi connectivity index (χ0n) is 13.1. The van der Waals surface area contributed by atoms with Crippen LogP contribution in [0, 0.1) is 11.3 Å². The Balaban J connectivity index is 1.75. The highest BCUT2D eigenvalue weighted by atomic mass is 35.5. The van der Waals surface area contributed by atoms with Crippen LogP contribution >= 0.6 is 11.6 Å². The van der Waals surface area contributed by atoms with Crippen LogP contribution in [0.5, 0.6) is 0 Å². The molecular weight excluding hydrogens is 353 g/mol. The number of nitriles is 1. The van der Waals surface area contributed by atoms with Crippen LogP contribution < -0.4 is 9.80 Å². The molecule has 0 unspecified atom stereocenters. The van der Waals surface area contributed by atoms with E-state index in [4.69, 9.17) is 16.9 Å². The standard InChI is InChI=1S/C17H14ClF3N4/c18-13-2-4-16(23-11-13)25-7-5-24(6-8-25)14-3-1-12(10-22)15(9-14)17(19,20)21/h1-4,9,11H,5-8H2. The lowest BCUT2D eigenvalue weighted by atomic mass is 10.1. The summed E-state index contributed by atoms with van der Waals surface area (Å²) in [6.45, 7) is 2.40. The maximum absolute atomic E-state index is 13.1. The minimum Gasteiger partial charge on any atom is -0.368 e. The molecule has 0 aliphatic carbocycles. The van der Waals surface area contributed by atoms with Crippen LogP contribution in [-0.4, -0.2) is 31.2 Å². The molecule has 3 rings (SSSR count). The third-order valence-electron chi connectivity index (χ3n) is 4.11. The first-order chi connectivity index (χ1) is 11.9. The van der Waals surface area contributed by atoms with Crippen LogP contribution in [0.1, 0.15) is 11.1 Å². The van der Waals surface area contributed by atoms with Crippen molar-refractivity contribution < 1.29 is 13.2 Å². The predicted molar refractivity (Wildman–Crippen MR) is 89.8 cm³/mol. The van der Waals surface area contributed by atoms with Crippen LogP contribution in [-0.2, 0) is 6.18 Å². The number of rotatable bonds is 2. The Morgan fingerprint density at radius 3 is 2.28 bits per heavy atom. The molecule has 0 bridgehead atoms. The minimum atomic E-state index is -4.55. The zero-order valence-corrected chi connectivity index (χ0v) is 13.8. The van der Waals surface area contributed by atoms with Gasteiger partial charge in [-0.3, -0.25) is 0 Å². The van der Waals surface area contributed by atoms with Crippen molar-refractivity contribution in [2.45, 2.75) is 6.18 Å². The molecule has 4 nitrogen and oxygen atoms in total. The summed E-state index contributed by atoms with van der Waals surface area (Å²) in [7, 11) is 0. The van der Waals surface area contributed by atoms with E-state index in [-0.39, 0.29) is 5.56 Å². The van der Waals surface area contributed by atoms with Crippen molar-refractivity contribution in [1.29, 1.82) is 5.26 Å². The highest BCUT2D eigenvalue weighted by molar-refractivity contribution is 6.30. The molecule has 1 fully saturated rings. The molecule has 0 amide bonds. The molecule has 0 spiro atoms. The molecule has 1 saturated heterocycles. The fraction of sp³-hybridized carbons (Fsp3) is 0.294. The van der Waals surface area contributed by atoms with Crippen molar-refractivity contribution in [3.05, 3.63) is 52.7 Å². The smallest absolute Gasteiger partial charge is 0.368 e. The van der Waals surface area contributed by atoms with Crippen molar-refractivity contribution in [3.63, 3.8) is 0 Å². The second-order valence-corrected chi connectivity index (χ2v) is 6.08. The Morgan fingerprint density at radius 2 is 1.72 bits per heavy atom. The van der Waals surface area contributed by atoms with E-state index >= 15 is 0 Å². The van der Waals surface area contributed by atoms with Crippen LogP contribution in [0.25, 0.3) is 0 Å². The van der Waals surface area contributed by atoms with E-state index in [0.29, 0.717) is 36.9 Å². The van der Waals surface area contributed by atoms with Gasteiger partial charge in [-0.25, -0.2) is 4.98 Å². The molecule has 2 heterocycles. The van der Waals surface area contributed by atoms with Crippen LogP contribution in [0.15, 0.2) is 36.5 Å². The maximum atomic E-state index is 13.1. The lowest BCUT2D eigenvalue weighted by Crippen LogP contribution is -2.46. The third-order valence-corrected chi connectivity index (χ3v) is 4.33. The van der Waals surface area contributed by atoms with Gasteiger partial charge >= 0.3 is 6.18 Å². The van der Waals surface area contributed by atoms with E-state index in [9.17, 15) is 13.2 Å². The number of aromatic nitrogens is 1. The van der Waals surface area contributed by atoms with Crippen molar-refractivity contribution in [1.82, 2.24) is 4.98 Å². The van der Waals surface area contributed by atoms with Crippen LogP contribution in [0.3, 0.4) is 0 Å². The number of nitrogens with zero attached hydrogens (tertiary/aromatic N) is 4. The molecule has 1 aromatic carbocycles. The summed E-state index contributed by atoms with van der Waals surface area (Å²) in [5.41, 5.74) is -0.787. The molecule has 0 atom stereocenters. The minimum absolute atomic E-state index is 0.361. The van der Waals surface area contributed by atoms with Gasteiger partial charge in [0.05, 0.1) is 22.2 Å². The Kier molecular flexibility index (Phi) is 4.73. The first-order valence-electron chi connectivity index (χ1n) is 7.61. The van der Waals surface area contributed by atoms with Gasteiger partial charge in [-0.1, -0.05) is 11.6 Å². The monoisotopic (exact) mass is 366 g/mol. The molecule has 0 saturated carbocycles. The molecule has 8 heteroatoms. The van der Waals surface area contributed by atoms with Gasteiger partial charge in [-0.15, -0.1) is 0 Å². The van der Waals surface area contributed by atoms with Gasteiger partial charge < -0.3 is 9.80 Å². The molecule has 1 aliphatic rings. The Hall–Kier alpha value is -2.46. The third kappa shape index (κ3) is 3.80. The summed E-state index contributed by atoms with van der Waals surface area (Å²) < 4.78 is 39.3. The second-order valence-electron chi connectivity index (χ2n) is 5.65. The normalized spacial score (nSPS) is 15.2. The van der Waals surface area contributed by atoms with Gasteiger partial charge in [-0.05, 0) is 30.3 Å². The summed E-state index contributed by atoms with van der Waals surface area (Å²) in [6, 6.07) is 9.01. The largest absolute Gasteiger partial charge is 0.417 e. The molecule has 0 radical (unpaired) electrons. The van der Waals surface area contributed by atoms with E-state index in [1.165, 1.54) is 6.07 Å². The lowest BCUT2D eigenvalue weighted by Gasteiger charge is -2.37. The number of piperazine rings is 1. The number of alkyl halides is 3. The fourth-order valence-corrected chi connectivity index (χ4v) is 2.92. The number of hydrogen-bond donors (Lipinski definition) is 0. The number of hydrogen-bond acceptors (Lipinski definition) is 4. The average Bonchev–Trinajstić information content (AvgIpc) is 2.61. The number of anilines is 2. The molecular formula is C17H14ClF3N4. The first-order valence-corrected chi connectivity index (χ1v) is 7.99. The average molecular weight is 367 g/mol. The van der Waals surface area contributed by atoms with E-state index < -0.39 is 11.7 Å². The van der Waals surface area contributed by atoms with Crippen molar-refractivity contribution in [2.75, 3.05) is 36.0 Å². The summed E-state index contributed by atoms with van der Waals surface area (Å²) >= 11 is 5.83. The van der Waals surface area contributed by atoms with Gasteiger partial charge in [0, 0.05) is 38.1 Å². The Bertz CT molecular complexity index is 791. The fourth-order valence-electron chi connectivity index (χ4n) is 2.81. The van der Waals surface area contributed by atoms with Crippen molar-refractivity contribution in [3.8, 4) is 6.07 Å². The zero-order chi connectivity index (χ0) is 18.0. The highest BCUT2D eigenvalue weighted by Gasteiger charge is 2.34. The quantitative estimate of drug-likeness (QED) is 0.807. The van der Waals surface area contributed by atoms with E-state index in [1.54, 1.807) is 24.4 Å². The number of halogens is 4. The SMILES string of the molecule is N#Cc1ccc(N2CCN(c3ccc(Cl)cn3)CC2)cc1C(F)(F)F. The summed E-state index contributed by atoms with van der Waals surface area (Å²) in [5.74, 6) is 0.792. The van der Waals surface area contributed by atoms with Gasteiger partial charge in [-0.2, -0.15) is 18.4 Å².